The maximum atomic E-state index is 4.49. The first-order valence-electron chi connectivity index (χ1n) is 6.35. The number of nitrogens with one attached hydrogen (secondary N) is 1. The average molecular weight is 244 g/mol. The van der Waals surface area contributed by atoms with Crippen LogP contribution in [0.2, 0.25) is 0 Å². The third-order valence-electron chi connectivity index (χ3n) is 2.65. The van der Waals surface area contributed by atoms with Crippen molar-refractivity contribution in [3.8, 4) is 0 Å². The van der Waals surface area contributed by atoms with E-state index in [1.54, 1.807) is 0 Å². The Morgan fingerprint density at radius 1 is 1.33 bits per heavy atom. The van der Waals surface area contributed by atoms with Gasteiger partial charge in [-0.1, -0.05) is 6.07 Å². The largest absolute Gasteiger partial charge is 0.353 e. The first-order chi connectivity index (χ1) is 8.65. The minimum absolute atomic E-state index is 0.389. The van der Waals surface area contributed by atoms with Crippen LogP contribution in [-0.2, 0) is 13.0 Å². The highest BCUT2D eigenvalue weighted by molar-refractivity contribution is 5.29. The van der Waals surface area contributed by atoms with Crippen molar-refractivity contribution in [1.82, 2.24) is 14.5 Å². The fraction of sp³-hybridized carbons (Fsp3) is 0.429. The zero-order chi connectivity index (χ0) is 13.0. The van der Waals surface area contributed by atoms with E-state index in [1.165, 1.54) is 0 Å². The summed E-state index contributed by atoms with van der Waals surface area (Å²) in [5, 5.41) is 3.36. The SMILES string of the molecule is Cc1cn(CCc2ccccn2)c(NC(C)C)n1. The van der Waals surface area contributed by atoms with E-state index in [9.17, 15) is 0 Å². The lowest BCUT2D eigenvalue weighted by Gasteiger charge is -2.11. The van der Waals surface area contributed by atoms with Crippen LogP contribution >= 0.6 is 0 Å². The summed E-state index contributed by atoms with van der Waals surface area (Å²) in [4.78, 5) is 8.83. The van der Waals surface area contributed by atoms with Crippen molar-refractivity contribution in [3.05, 3.63) is 42.0 Å². The number of aryl methyl sites for hydroxylation is 3. The molecule has 0 unspecified atom stereocenters. The lowest BCUT2D eigenvalue weighted by Crippen LogP contribution is -2.15. The van der Waals surface area contributed by atoms with Gasteiger partial charge in [0.05, 0.1) is 5.69 Å². The summed E-state index contributed by atoms with van der Waals surface area (Å²) in [5.41, 5.74) is 2.15. The molecule has 4 heteroatoms. The maximum Gasteiger partial charge on any atom is 0.203 e. The number of rotatable bonds is 5. The molecule has 96 valence electrons. The van der Waals surface area contributed by atoms with Gasteiger partial charge in [-0.3, -0.25) is 4.98 Å². The van der Waals surface area contributed by atoms with Gasteiger partial charge in [0.2, 0.25) is 5.95 Å². The molecule has 4 nitrogen and oxygen atoms in total. The predicted octanol–water partition coefficient (Wildman–Crippen LogP) is 2.65. The second kappa shape index (κ2) is 5.67. The molecule has 0 atom stereocenters. The zero-order valence-corrected chi connectivity index (χ0v) is 11.2. The molecule has 0 amide bonds. The molecule has 0 bridgehead atoms. The summed E-state index contributed by atoms with van der Waals surface area (Å²) in [6.45, 7) is 7.15. The molecular weight excluding hydrogens is 224 g/mol. The number of pyridine rings is 1. The van der Waals surface area contributed by atoms with Crippen molar-refractivity contribution in [2.45, 2.75) is 39.8 Å². The Balaban J connectivity index is 2.04. The summed E-state index contributed by atoms with van der Waals surface area (Å²) in [6.07, 6.45) is 4.83. The number of hydrogen-bond donors (Lipinski definition) is 1. The minimum Gasteiger partial charge on any atom is -0.353 e. The van der Waals surface area contributed by atoms with Crippen LogP contribution in [0.15, 0.2) is 30.6 Å². The Labute approximate surface area is 108 Å². The second-order valence-corrected chi connectivity index (χ2v) is 4.77. The van der Waals surface area contributed by atoms with Gasteiger partial charge in [0.25, 0.3) is 0 Å². The summed E-state index contributed by atoms with van der Waals surface area (Å²) in [7, 11) is 0. The molecule has 0 fully saturated rings. The molecule has 0 spiro atoms. The van der Waals surface area contributed by atoms with E-state index in [2.05, 4.69) is 46.0 Å². The highest BCUT2D eigenvalue weighted by Crippen LogP contribution is 2.11. The topological polar surface area (TPSA) is 42.7 Å². The molecule has 2 aromatic rings. The molecule has 2 rings (SSSR count). The lowest BCUT2D eigenvalue weighted by molar-refractivity contribution is 0.681. The van der Waals surface area contributed by atoms with Crippen molar-refractivity contribution in [1.29, 1.82) is 0 Å². The Morgan fingerprint density at radius 3 is 2.83 bits per heavy atom. The number of imidazole rings is 1. The van der Waals surface area contributed by atoms with Gasteiger partial charge < -0.3 is 9.88 Å². The van der Waals surface area contributed by atoms with E-state index in [1.807, 2.05) is 25.3 Å². The first kappa shape index (κ1) is 12.6. The van der Waals surface area contributed by atoms with Gasteiger partial charge in [0.15, 0.2) is 0 Å². The van der Waals surface area contributed by atoms with E-state index in [0.29, 0.717) is 6.04 Å². The minimum atomic E-state index is 0.389. The molecule has 0 aliphatic carbocycles. The van der Waals surface area contributed by atoms with E-state index in [0.717, 1.165) is 30.3 Å². The van der Waals surface area contributed by atoms with Crippen molar-refractivity contribution in [2.75, 3.05) is 5.32 Å². The van der Waals surface area contributed by atoms with E-state index < -0.39 is 0 Å². The lowest BCUT2D eigenvalue weighted by atomic mass is 10.3. The molecule has 0 aliphatic heterocycles. The number of nitrogens with zero attached hydrogens (tertiary/aromatic N) is 3. The van der Waals surface area contributed by atoms with Gasteiger partial charge in [-0.15, -0.1) is 0 Å². The number of anilines is 1. The van der Waals surface area contributed by atoms with Crippen molar-refractivity contribution in [3.63, 3.8) is 0 Å². The van der Waals surface area contributed by atoms with Gasteiger partial charge >= 0.3 is 0 Å². The molecule has 0 aliphatic rings. The normalized spacial score (nSPS) is 10.9. The maximum absolute atomic E-state index is 4.49. The molecule has 0 aromatic carbocycles. The summed E-state index contributed by atoms with van der Waals surface area (Å²) in [5.74, 6) is 0.943. The summed E-state index contributed by atoms with van der Waals surface area (Å²) < 4.78 is 2.16. The second-order valence-electron chi connectivity index (χ2n) is 4.77. The highest BCUT2D eigenvalue weighted by atomic mass is 15.2. The molecule has 2 heterocycles. The van der Waals surface area contributed by atoms with Crippen LogP contribution in [0.5, 0.6) is 0 Å². The van der Waals surface area contributed by atoms with E-state index in [-0.39, 0.29) is 0 Å². The van der Waals surface area contributed by atoms with Gasteiger partial charge in [0, 0.05) is 37.1 Å². The molecule has 0 saturated carbocycles. The average Bonchev–Trinajstić information content (AvgIpc) is 2.67. The fourth-order valence-corrected chi connectivity index (χ4v) is 1.87. The number of aromatic nitrogens is 3. The van der Waals surface area contributed by atoms with Crippen LogP contribution in [-0.4, -0.2) is 20.6 Å². The zero-order valence-electron chi connectivity index (χ0n) is 11.2. The monoisotopic (exact) mass is 244 g/mol. The standard InChI is InChI=1S/C14H20N4/c1-11(2)16-14-17-12(3)10-18(14)9-7-13-6-4-5-8-15-13/h4-6,8,10-11H,7,9H2,1-3H3,(H,16,17). The molecule has 0 radical (unpaired) electrons. The summed E-state index contributed by atoms with van der Waals surface area (Å²) in [6, 6.07) is 6.41. The summed E-state index contributed by atoms with van der Waals surface area (Å²) >= 11 is 0. The van der Waals surface area contributed by atoms with Crippen molar-refractivity contribution in [2.24, 2.45) is 0 Å². The Hall–Kier alpha value is -1.84. The van der Waals surface area contributed by atoms with Crippen LogP contribution in [0.25, 0.3) is 0 Å². The molecule has 2 aromatic heterocycles. The van der Waals surface area contributed by atoms with Crippen LogP contribution in [0.4, 0.5) is 5.95 Å². The number of hydrogen-bond acceptors (Lipinski definition) is 3. The molecular formula is C14H20N4. The fourth-order valence-electron chi connectivity index (χ4n) is 1.87. The van der Waals surface area contributed by atoms with Gasteiger partial charge in [-0.05, 0) is 32.9 Å². The Bertz CT molecular complexity index is 488. The van der Waals surface area contributed by atoms with Crippen LogP contribution in [0, 0.1) is 6.92 Å². The third-order valence-corrected chi connectivity index (χ3v) is 2.65. The first-order valence-corrected chi connectivity index (χ1v) is 6.35. The van der Waals surface area contributed by atoms with Gasteiger partial charge in [-0.2, -0.15) is 0 Å². The smallest absolute Gasteiger partial charge is 0.203 e. The van der Waals surface area contributed by atoms with Gasteiger partial charge in [-0.25, -0.2) is 4.98 Å². The van der Waals surface area contributed by atoms with Crippen LogP contribution in [0.1, 0.15) is 25.2 Å². The Morgan fingerprint density at radius 2 is 2.17 bits per heavy atom. The van der Waals surface area contributed by atoms with Crippen molar-refractivity contribution >= 4 is 5.95 Å². The van der Waals surface area contributed by atoms with Crippen LogP contribution < -0.4 is 5.32 Å². The quantitative estimate of drug-likeness (QED) is 0.879. The van der Waals surface area contributed by atoms with Crippen LogP contribution in [0.3, 0.4) is 0 Å². The third kappa shape index (κ3) is 3.32. The predicted molar refractivity (Wildman–Crippen MR) is 73.7 cm³/mol. The van der Waals surface area contributed by atoms with Gasteiger partial charge in [0.1, 0.15) is 0 Å². The molecule has 1 N–H and O–H groups in total. The van der Waals surface area contributed by atoms with E-state index >= 15 is 0 Å². The highest BCUT2D eigenvalue weighted by Gasteiger charge is 2.06. The Kier molecular flexibility index (Phi) is 3.97. The van der Waals surface area contributed by atoms with E-state index in [4.69, 9.17) is 0 Å². The molecule has 18 heavy (non-hydrogen) atoms. The molecule has 0 saturated heterocycles. The van der Waals surface area contributed by atoms with Crippen molar-refractivity contribution < 1.29 is 0 Å².